The summed E-state index contributed by atoms with van der Waals surface area (Å²) >= 11 is 1.85. The molecule has 0 aromatic heterocycles. The second-order valence-corrected chi connectivity index (χ2v) is 8.88. The van der Waals surface area contributed by atoms with Crippen LogP contribution in [-0.2, 0) is 0 Å². The molecule has 2 atom stereocenters. The van der Waals surface area contributed by atoms with Gasteiger partial charge in [0, 0.05) is 44.0 Å². The van der Waals surface area contributed by atoms with E-state index in [9.17, 15) is 0 Å². The Kier molecular flexibility index (Phi) is 5.48. The molecule has 2 aromatic rings. The van der Waals surface area contributed by atoms with Crippen molar-refractivity contribution in [2.45, 2.75) is 11.5 Å². The van der Waals surface area contributed by atoms with E-state index in [-0.39, 0.29) is 5.50 Å². The van der Waals surface area contributed by atoms with E-state index in [4.69, 9.17) is 9.73 Å². The standard InChI is InChI=1S/C23H29N5OS/c1-29-21-10-6-5-9-20(21)27-13-11-26(12-14-27)16-17-15-24-22-18-7-3-4-8-19(18)25-23(30-2)28(17)22/h3-10,17,23,25H,11-16H2,1-2H3. The number of nitrogens with one attached hydrogen (secondary N) is 1. The number of aliphatic imine (C=N–C) groups is 1. The number of fused-ring (bicyclic) bond motifs is 3. The molecule has 3 aliphatic heterocycles. The third-order valence-electron chi connectivity index (χ3n) is 6.28. The van der Waals surface area contributed by atoms with E-state index in [0.717, 1.165) is 50.9 Å². The highest BCUT2D eigenvalue weighted by atomic mass is 32.2. The summed E-state index contributed by atoms with van der Waals surface area (Å²) < 4.78 is 5.56. The van der Waals surface area contributed by atoms with E-state index in [1.54, 1.807) is 7.11 Å². The molecule has 1 N–H and O–H groups in total. The number of thioether (sulfide) groups is 1. The van der Waals surface area contributed by atoms with Crippen molar-refractivity contribution in [3.63, 3.8) is 0 Å². The zero-order chi connectivity index (χ0) is 20.5. The number of methoxy groups -OCH3 is 1. The summed E-state index contributed by atoms with van der Waals surface area (Å²) in [6.07, 6.45) is 2.17. The first-order valence-corrected chi connectivity index (χ1v) is 11.9. The lowest BCUT2D eigenvalue weighted by Gasteiger charge is -2.43. The van der Waals surface area contributed by atoms with Crippen molar-refractivity contribution >= 4 is 29.0 Å². The van der Waals surface area contributed by atoms with Gasteiger partial charge in [-0.2, -0.15) is 0 Å². The topological polar surface area (TPSA) is 43.3 Å². The molecule has 0 bridgehead atoms. The maximum absolute atomic E-state index is 5.56. The predicted molar refractivity (Wildman–Crippen MR) is 126 cm³/mol. The molecule has 7 heteroatoms. The number of amidine groups is 1. The molecule has 3 heterocycles. The summed E-state index contributed by atoms with van der Waals surface area (Å²) in [4.78, 5) is 12.5. The predicted octanol–water partition coefficient (Wildman–Crippen LogP) is 3.02. The minimum absolute atomic E-state index is 0.237. The van der Waals surface area contributed by atoms with Crippen molar-refractivity contribution in [2.24, 2.45) is 4.99 Å². The quantitative estimate of drug-likeness (QED) is 0.798. The normalized spacial score (nSPS) is 23.5. The second-order valence-electron chi connectivity index (χ2n) is 7.96. The van der Waals surface area contributed by atoms with Gasteiger partial charge in [-0.05, 0) is 30.5 Å². The molecule has 158 valence electrons. The van der Waals surface area contributed by atoms with Crippen molar-refractivity contribution < 1.29 is 4.74 Å². The van der Waals surface area contributed by atoms with Gasteiger partial charge in [-0.1, -0.05) is 24.3 Å². The number of hydrogen-bond donors (Lipinski definition) is 1. The zero-order valence-electron chi connectivity index (χ0n) is 17.6. The van der Waals surface area contributed by atoms with Crippen LogP contribution in [0.15, 0.2) is 53.5 Å². The Bertz CT molecular complexity index is 927. The van der Waals surface area contributed by atoms with Crippen molar-refractivity contribution in [2.75, 3.05) is 62.9 Å². The molecular formula is C23H29N5OS. The number of piperazine rings is 1. The maximum atomic E-state index is 5.56. The number of nitrogens with zero attached hydrogens (tertiary/aromatic N) is 4. The van der Waals surface area contributed by atoms with Crippen molar-refractivity contribution in [3.8, 4) is 5.75 Å². The van der Waals surface area contributed by atoms with Crippen LogP contribution in [0, 0.1) is 0 Å². The van der Waals surface area contributed by atoms with Crippen LogP contribution in [0.4, 0.5) is 11.4 Å². The van der Waals surface area contributed by atoms with Crippen molar-refractivity contribution in [1.82, 2.24) is 9.80 Å². The smallest absolute Gasteiger partial charge is 0.149 e. The highest BCUT2D eigenvalue weighted by Crippen LogP contribution is 2.34. The largest absolute Gasteiger partial charge is 0.495 e. The van der Waals surface area contributed by atoms with Gasteiger partial charge in [0.25, 0.3) is 0 Å². The first-order valence-electron chi connectivity index (χ1n) is 10.6. The number of benzene rings is 2. The van der Waals surface area contributed by atoms with Crippen LogP contribution in [0.2, 0.25) is 0 Å². The summed E-state index contributed by atoms with van der Waals surface area (Å²) in [5.41, 5.74) is 3.86. The summed E-state index contributed by atoms with van der Waals surface area (Å²) in [7, 11) is 1.75. The van der Waals surface area contributed by atoms with Crippen LogP contribution in [0.25, 0.3) is 0 Å². The first-order chi connectivity index (χ1) is 14.8. The molecule has 1 fully saturated rings. The van der Waals surface area contributed by atoms with Crippen molar-refractivity contribution in [1.29, 1.82) is 0 Å². The van der Waals surface area contributed by atoms with Crippen LogP contribution in [-0.4, -0.2) is 79.8 Å². The van der Waals surface area contributed by atoms with Gasteiger partial charge in [0.05, 0.1) is 25.4 Å². The molecule has 0 amide bonds. The van der Waals surface area contributed by atoms with E-state index in [0.29, 0.717) is 6.04 Å². The van der Waals surface area contributed by atoms with E-state index < -0.39 is 0 Å². The molecule has 0 radical (unpaired) electrons. The van der Waals surface area contributed by atoms with E-state index in [1.165, 1.54) is 16.9 Å². The van der Waals surface area contributed by atoms with Gasteiger partial charge in [0.15, 0.2) is 0 Å². The molecule has 6 nitrogen and oxygen atoms in total. The number of rotatable bonds is 5. The highest BCUT2D eigenvalue weighted by molar-refractivity contribution is 7.99. The lowest BCUT2D eigenvalue weighted by molar-refractivity contribution is 0.194. The number of ether oxygens (including phenoxy) is 1. The fraction of sp³-hybridized carbons (Fsp3) is 0.435. The van der Waals surface area contributed by atoms with Gasteiger partial charge < -0.3 is 19.9 Å². The summed E-state index contributed by atoms with van der Waals surface area (Å²) in [6.45, 7) is 6.09. The third-order valence-corrected chi connectivity index (χ3v) is 7.07. The van der Waals surface area contributed by atoms with Crippen LogP contribution >= 0.6 is 11.8 Å². The van der Waals surface area contributed by atoms with Crippen LogP contribution in [0.3, 0.4) is 0 Å². The van der Waals surface area contributed by atoms with Gasteiger partial charge in [-0.3, -0.25) is 9.89 Å². The molecule has 5 rings (SSSR count). The zero-order valence-corrected chi connectivity index (χ0v) is 18.4. The average Bonchev–Trinajstić information content (AvgIpc) is 3.23. The Hall–Kier alpha value is -2.38. The Morgan fingerprint density at radius 1 is 1.07 bits per heavy atom. The maximum Gasteiger partial charge on any atom is 0.149 e. The Morgan fingerprint density at radius 3 is 2.63 bits per heavy atom. The molecule has 1 saturated heterocycles. The Labute approximate surface area is 182 Å². The molecule has 0 spiro atoms. The van der Waals surface area contributed by atoms with Crippen LogP contribution < -0.4 is 15.0 Å². The fourth-order valence-electron chi connectivity index (χ4n) is 4.75. The van der Waals surface area contributed by atoms with E-state index in [2.05, 4.69) is 62.7 Å². The van der Waals surface area contributed by atoms with E-state index in [1.807, 2.05) is 23.9 Å². The average molecular weight is 424 g/mol. The highest BCUT2D eigenvalue weighted by Gasteiger charge is 2.39. The number of anilines is 2. The monoisotopic (exact) mass is 423 g/mol. The molecule has 2 aromatic carbocycles. The first kappa shape index (κ1) is 19.6. The summed E-state index contributed by atoms with van der Waals surface area (Å²) in [5.74, 6) is 2.11. The molecule has 30 heavy (non-hydrogen) atoms. The number of para-hydroxylation sites is 3. The lowest BCUT2D eigenvalue weighted by atomic mass is 10.1. The van der Waals surface area contributed by atoms with Crippen molar-refractivity contribution in [3.05, 3.63) is 54.1 Å². The minimum atomic E-state index is 0.237. The molecule has 0 saturated carbocycles. The molecular weight excluding hydrogens is 394 g/mol. The van der Waals surface area contributed by atoms with E-state index >= 15 is 0 Å². The number of hydrogen-bond acceptors (Lipinski definition) is 7. The molecule has 3 aliphatic rings. The summed E-state index contributed by atoms with van der Waals surface area (Å²) in [6, 6.07) is 17.3. The molecule has 2 unspecified atom stereocenters. The Morgan fingerprint density at radius 2 is 1.83 bits per heavy atom. The SMILES string of the molecule is COc1ccccc1N1CCN(CC2CN=C3c4ccccc4NC(SC)N32)CC1. The van der Waals surface area contributed by atoms with Gasteiger partial charge in [-0.25, -0.2) is 0 Å². The minimum Gasteiger partial charge on any atom is -0.495 e. The van der Waals surface area contributed by atoms with Gasteiger partial charge >= 0.3 is 0 Å². The van der Waals surface area contributed by atoms with Gasteiger partial charge in [-0.15, -0.1) is 11.8 Å². The third kappa shape index (κ3) is 3.50. The summed E-state index contributed by atoms with van der Waals surface area (Å²) in [5, 5.41) is 3.69. The van der Waals surface area contributed by atoms with Crippen LogP contribution in [0.5, 0.6) is 5.75 Å². The lowest BCUT2D eigenvalue weighted by Crippen LogP contribution is -2.56. The van der Waals surface area contributed by atoms with Gasteiger partial charge in [0.2, 0.25) is 0 Å². The second kappa shape index (κ2) is 8.40. The van der Waals surface area contributed by atoms with Gasteiger partial charge in [0.1, 0.15) is 17.1 Å². The fourth-order valence-corrected chi connectivity index (χ4v) is 5.49. The molecule has 0 aliphatic carbocycles. The Balaban J connectivity index is 1.25. The van der Waals surface area contributed by atoms with Crippen LogP contribution in [0.1, 0.15) is 5.56 Å².